The van der Waals surface area contributed by atoms with Crippen molar-refractivity contribution in [3.63, 3.8) is 0 Å². The Morgan fingerprint density at radius 2 is 1.62 bits per heavy atom. The van der Waals surface area contributed by atoms with Crippen LogP contribution in [0.25, 0.3) is 0 Å². The lowest BCUT2D eigenvalue weighted by Gasteiger charge is -2.17. The molecule has 6 heteroatoms. The van der Waals surface area contributed by atoms with Crippen molar-refractivity contribution in [1.82, 2.24) is 4.98 Å². The van der Waals surface area contributed by atoms with Crippen LogP contribution in [0.2, 0.25) is 0 Å². The zero-order valence-electron chi connectivity index (χ0n) is 15.6. The molecule has 0 saturated carbocycles. The van der Waals surface area contributed by atoms with Crippen molar-refractivity contribution in [2.75, 3.05) is 0 Å². The molecule has 0 aliphatic carbocycles. The van der Waals surface area contributed by atoms with Crippen LogP contribution in [0.15, 0.2) is 30.3 Å². The number of carbonyl (C=O) groups is 3. The summed E-state index contributed by atoms with van der Waals surface area (Å²) in [6.45, 7) is 7.93. The molecule has 0 bridgehead atoms. The molecule has 1 aromatic heterocycles. The molecule has 1 heterocycles. The van der Waals surface area contributed by atoms with E-state index in [0.29, 0.717) is 22.6 Å². The Labute approximate surface area is 152 Å². The number of Topliss-reactive ketones (excluding diaryl/α,β-unsaturated/α-hetero) is 2. The Morgan fingerprint density at radius 1 is 1.00 bits per heavy atom. The monoisotopic (exact) mass is 357 g/mol. The largest absolute Gasteiger partial charge is 0.479 e. The summed E-state index contributed by atoms with van der Waals surface area (Å²) in [6, 6.07) is 8.89. The predicted molar refractivity (Wildman–Crippen MR) is 96.7 cm³/mol. The van der Waals surface area contributed by atoms with E-state index in [1.165, 1.54) is 13.8 Å². The normalized spacial score (nSPS) is 13.0. The molecule has 0 aliphatic rings. The number of hydrogen-bond donors (Lipinski definition) is 1. The number of carbonyl (C=O) groups excluding carboxylic acids is 3. The summed E-state index contributed by atoms with van der Waals surface area (Å²) < 4.78 is 10.7. The summed E-state index contributed by atoms with van der Waals surface area (Å²) >= 11 is 0. The number of rotatable bonds is 7. The molecule has 0 radical (unpaired) electrons. The molecule has 0 unspecified atom stereocenters. The van der Waals surface area contributed by atoms with E-state index in [9.17, 15) is 14.4 Å². The number of benzene rings is 1. The van der Waals surface area contributed by atoms with E-state index in [-0.39, 0.29) is 11.5 Å². The van der Waals surface area contributed by atoms with Gasteiger partial charge in [-0.1, -0.05) is 18.2 Å². The van der Waals surface area contributed by atoms with E-state index >= 15 is 0 Å². The van der Waals surface area contributed by atoms with Crippen molar-refractivity contribution in [2.45, 2.75) is 46.8 Å². The number of hydrogen-bond acceptors (Lipinski definition) is 5. The molecule has 1 aromatic carbocycles. The van der Waals surface area contributed by atoms with Crippen LogP contribution in [0.4, 0.5) is 0 Å². The van der Waals surface area contributed by atoms with Crippen molar-refractivity contribution in [1.29, 1.82) is 0 Å². The maximum absolute atomic E-state index is 12.6. The maximum atomic E-state index is 12.6. The fourth-order valence-electron chi connectivity index (χ4n) is 2.80. The van der Waals surface area contributed by atoms with Gasteiger partial charge in [0.1, 0.15) is 5.75 Å². The van der Waals surface area contributed by atoms with Crippen molar-refractivity contribution < 1.29 is 23.9 Å². The highest BCUT2D eigenvalue weighted by Gasteiger charge is 2.28. The number of ketones is 2. The van der Waals surface area contributed by atoms with Crippen molar-refractivity contribution in [2.24, 2.45) is 0 Å². The molecule has 0 aliphatic heterocycles. The molecule has 138 valence electrons. The Morgan fingerprint density at radius 3 is 2.15 bits per heavy atom. The third-order valence-corrected chi connectivity index (χ3v) is 4.09. The zero-order valence-corrected chi connectivity index (χ0v) is 15.6. The number of aryl methyl sites for hydroxylation is 1. The number of para-hydroxylation sites is 1. The van der Waals surface area contributed by atoms with Gasteiger partial charge in [-0.05, 0) is 52.3 Å². The van der Waals surface area contributed by atoms with Gasteiger partial charge in [0, 0.05) is 11.3 Å². The van der Waals surface area contributed by atoms with Crippen molar-refractivity contribution in [3.05, 3.63) is 52.8 Å². The van der Waals surface area contributed by atoms with Crippen LogP contribution >= 0.6 is 0 Å². The molecule has 0 amide bonds. The highest BCUT2D eigenvalue weighted by atomic mass is 16.6. The van der Waals surface area contributed by atoms with E-state index in [2.05, 4.69) is 4.98 Å². The minimum Gasteiger partial charge on any atom is -0.479 e. The fraction of sp³-hybridized carbons (Fsp3) is 0.350. The van der Waals surface area contributed by atoms with Gasteiger partial charge in [0.15, 0.2) is 18.0 Å². The minimum absolute atomic E-state index is 0.121. The number of ether oxygens (including phenoxy) is 2. The Balaban J connectivity index is 2.06. The highest BCUT2D eigenvalue weighted by molar-refractivity contribution is 6.05. The number of nitrogens with one attached hydrogen (secondary N) is 1. The molecule has 6 nitrogen and oxygen atoms in total. The summed E-state index contributed by atoms with van der Waals surface area (Å²) in [5, 5.41) is 0. The lowest BCUT2D eigenvalue weighted by atomic mass is 10.0. The summed E-state index contributed by atoms with van der Waals surface area (Å²) in [6.07, 6.45) is -1.85. The molecule has 0 fully saturated rings. The molecule has 0 saturated heterocycles. The van der Waals surface area contributed by atoms with E-state index in [0.717, 1.165) is 0 Å². The molecule has 2 atom stereocenters. The van der Waals surface area contributed by atoms with Crippen LogP contribution in [-0.4, -0.2) is 34.7 Å². The predicted octanol–water partition coefficient (Wildman–Crippen LogP) is 3.42. The topological polar surface area (TPSA) is 85.5 Å². The molecular formula is C20H23NO5. The number of H-pyrrole nitrogens is 1. The van der Waals surface area contributed by atoms with Gasteiger partial charge in [-0.15, -0.1) is 0 Å². The molecule has 26 heavy (non-hydrogen) atoms. The maximum Gasteiger partial charge on any atom is 0.347 e. The second-order valence-corrected chi connectivity index (χ2v) is 6.20. The first-order chi connectivity index (χ1) is 12.2. The second kappa shape index (κ2) is 7.99. The van der Waals surface area contributed by atoms with Crippen LogP contribution in [0.5, 0.6) is 5.75 Å². The number of aromatic nitrogens is 1. The lowest BCUT2D eigenvalue weighted by Crippen LogP contribution is -2.33. The highest BCUT2D eigenvalue weighted by Crippen LogP contribution is 2.21. The van der Waals surface area contributed by atoms with Crippen LogP contribution in [-0.2, 0) is 9.53 Å². The molecule has 2 aromatic rings. The van der Waals surface area contributed by atoms with Crippen molar-refractivity contribution >= 4 is 17.5 Å². The average molecular weight is 357 g/mol. The summed E-state index contributed by atoms with van der Waals surface area (Å²) in [7, 11) is 0. The van der Waals surface area contributed by atoms with E-state index < -0.39 is 24.0 Å². The quantitative estimate of drug-likeness (QED) is 0.606. The SMILES string of the molecule is CC(=O)c1c(C)[nH]c(C(=O)[C@@H](C)OC(=O)[C@H](C)Oc2ccccc2)c1C. The zero-order chi connectivity index (χ0) is 19.4. The molecule has 1 N–H and O–H groups in total. The Hall–Kier alpha value is -2.89. The van der Waals surface area contributed by atoms with E-state index in [1.807, 2.05) is 6.07 Å². The summed E-state index contributed by atoms with van der Waals surface area (Å²) in [4.78, 5) is 39.4. The average Bonchev–Trinajstić information content (AvgIpc) is 2.89. The first kappa shape index (κ1) is 19.4. The fourth-order valence-corrected chi connectivity index (χ4v) is 2.80. The van der Waals surface area contributed by atoms with Gasteiger partial charge in [-0.25, -0.2) is 4.79 Å². The van der Waals surface area contributed by atoms with Gasteiger partial charge in [-0.2, -0.15) is 0 Å². The standard InChI is InChI=1S/C20H23NO5/c1-11-17(13(3)22)12(2)21-18(11)19(23)14(4)26-20(24)15(5)25-16-9-7-6-8-10-16/h6-10,14-15,21H,1-5H3/t14-,15+/m1/s1. The Bertz CT molecular complexity index is 822. The van der Waals surface area contributed by atoms with Gasteiger partial charge >= 0.3 is 5.97 Å². The van der Waals surface area contributed by atoms with E-state index in [4.69, 9.17) is 9.47 Å². The molecule has 2 rings (SSSR count). The summed E-state index contributed by atoms with van der Waals surface area (Å²) in [5.41, 5.74) is 1.96. The third-order valence-electron chi connectivity index (χ3n) is 4.09. The molecular weight excluding hydrogens is 334 g/mol. The lowest BCUT2D eigenvalue weighted by molar-refractivity contribution is -0.153. The van der Waals surface area contributed by atoms with E-state index in [1.54, 1.807) is 45.0 Å². The second-order valence-electron chi connectivity index (χ2n) is 6.20. The molecule has 0 spiro atoms. The summed E-state index contributed by atoms with van der Waals surface area (Å²) in [5.74, 6) is -0.608. The van der Waals surface area contributed by atoms with Gasteiger partial charge in [0.05, 0.1) is 5.69 Å². The first-order valence-corrected chi connectivity index (χ1v) is 8.38. The van der Waals surface area contributed by atoms with Gasteiger partial charge in [0.2, 0.25) is 5.78 Å². The van der Waals surface area contributed by atoms with Crippen LogP contribution in [0.1, 0.15) is 52.9 Å². The van der Waals surface area contributed by atoms with Crippen molar-refractivity contribution in [3.8, 4) is 5.75 Å². The van der Waals surface area contributed by atoms with Gasteiger partial charge in [0.25, 0.3) is 0 Å². The minimum atomic E-state index is -0.999. The van der Waals surface area contributed by atoms with Crippen LogP contribution in [0, 0.1) is 13.8 Å². The number of aromatic amines is 1. The van der Waals surface area contributed by atoms with Crippen LogP contribution < -0.4 is 4.74 Å². The van der Waals surface area contributed by atoms with Gasteiger partial charge in [-0.3, -0.25) is 9.59 Å². The Kier molecular flexibility index (Phi) is 5.97. The first-order valence-electron chi connectivity index (χ1n) is 8.38. The van der Waals surface area contributed by atoms with Crippen LogP contribution in [0.3, 0.4) is 0 Å². The number of esters is 1. The smallest absolute Gasteiger partial charge is 0.347 e. The van der Waals surface area contributed by atoms with Gasteiger partial charge < -0.3 is 14.5 Å². The third kappa shape index (κ3) is 4.20.